The van der Waals surface area contributed by atoms with Gasteiger partial charge in [0.05, 0.1) is 22.2 Å². The lowest BCUT2D eigenvalue weighted by Crippen LogP contribution is -2.46. The Hall–Kier alpha value is -1.24. The number of rotatable bonds is 2. The van der Waals surface area contributed by atoms with Crippen molar-refractivity contribution < 1.29 is 5.11 Å². The van der Waals surface area contributed by atoms with Crippen LogP contribution in [0.4, 0.5) is 5.69 Å². The molecule has 19 heavy (non-hydrogen) atoms. The van der Waals surface area contributed by atoms with E-state index in [-0.39, 0.29) is 6.04 Å². The van der Waals surface area contributed by atoms with E-state index in [9.17, 15) is 5.11 Å². The lowest BCUT2D eigenvalue weighted by molar-refractivity contribution is 0.0371. The van der Waals surface area contributed by atoms with Crippen LogP contribution in [-0.4, -0.2) is 23.3 Å². The predicted molar refractivity (Wildman–Crippen MR) is 77.4 cm³/mol. The van der Waals surface area contributed by atoms with E-state index in [1.54, 1.807) is 6.07 Å². The molecule has 102 valence electrons. The Morgan fingerprint density at radius 1 is 1.53 bits per heavy atom. The van der Waals surface area contributed by atoms with Gasteiger partial charge < -0.3 is 10.0 Å². The molecule has 1 aromatic carbocycles. The van der Waals surface area contributed by atoms with Gasteiger partial charge in [-0.15, -0.1) is 0 Å². The normalized spacial score (nSPS) is 26.8. The summed E-state index contributed by atoms with van der Waals surface area (Å²) in [6, 6.07) is 7.59. The highest BCUT2D eigenvalue weighted by atomic mass is 35.5. The van der Waals surface area contributed by atoms with Gasteiger partial charge in [-0.1, -0.05) is 25.4 Å². The van der Waals surface area contributed by atoms with Gasteiger partial charge in [0, 0.05) is 12.2 Å². The van der Waals surface area contributed by atoms with Gasteiger partial charge in [-0.25, -0.2) is 0 Å². The molecule has 0 amide bonds. The molecule has 3 nitrogen and oxygen atoms in total. The molecule has 0 bridgehead atoms. The van der Waals surface area contributed by atoms with Crippen LogP contribution in [0.25, 0.3) is 0 Å². The van der Waals surface area contributed by atoms with Crippen molar-refractivity contribution in [3.63, 3.8) is 0 Å². The third kappa shape index (κ3) is 2.56. The minimum Gasteiger partial charge on any atom is -0.388 e. The molecule has 1 saturated heterocycles. The fraction of sp³-hybridized carbons (Fsp3) is 0.533. The standard InChI is InChI=1S/C15H19ClN2O/c1-10(2)14-15(3,19)6-7-18(14)12-5-4-11(9-17)13(16)8-12/h4-5,8,10,14,19H,6-7H2,1-3H3/t14-,15-/m0/s1. The first kappa shape index (κ1) is 14.2. The number of benzene rings is 1. The van der Waals surface area contributed by atoms with Gasteiger partial charge in [-0.2, -0.15) is 5.26 Å². The second-order valence-electron chi connectivity index (χ2n) is 5.77. The van der Waals surface area contributed by atoms with E-state index in [0.717, 1.165) is 18.7 Å². The maximum atomic E-state index is 10.5. The van der Waals surface area contributed by atoms with Crippen LogP contribution < -0.4 is 4.90 Å². The molecular formula is C15H19ClN2O. The third-order valence-electron chi connectivity index (χ3n) is 3.87. The van der Waals surface area contributed by atoms with Crippen LogP contribution in [0.15, 0.2) is 18.2 Å². The van der Waals surface area contributed by atoms with Crippen LogP contribution in [0.5, 0.6) is 0 Å². The Kier molecular flexibility index (Phi) is 3.75. The molecular weight excluding hydrogens is 260 g/mol. The fourth-order valence-electron chi connectivity index (χ4n) is 3.11. The zero-order chi connectivity index (χ0) is 14.2. The summed E-state index contributed by atoms with van der Waals surface area (Å²) in [5.41, 5.74) is 0.770. The maximum absolute atomic E-state index is 10.5. The molecule has 1 N–H and O–H groups in total. The Morgan fingerprint density at radius 3 is 2.74 bits per heavy atom. The first-order chi connectivity index (χ1) is 8.86. The molecule has 0 saturated carbocycles. The number of halogens is 1. The molecule has 0 aromatic heterocycles. The molecule has 1 heterocycles. The number of hydrogen-bond acceptors (Lipinski definition) is 3. The van der Waals surface area contributed by atoms with Crippen molar-refractivity contribution >= 4 is 17.3 Å². The minimum absolute atomic E-state index is 0.0662. The molecule has 1 aromatic rings. The Labute approximate surface area is 119 Å². The summed E-state index contributed by atoms with van der Waals surface area (Å²) in [6.45, 7) is 6.92. The monoisotopic (exact) mass is 278 g/mol. The van der Waals surface area contributed by atoms with Gasteiger partial charge in [-0.3, -0.25) is 0 Å². The van der Waals surface area contributed by atoms with Crippen molar-refractivity contribution in [2.24, 2.45) is 5.92 Å². The molecule has 0 aliphatic carbocycles. The minimum atomic E-state index is -0.686. The summed E-state index contributed by atoms with van der Waals surface area (Å²) >= 11 is 6.09. The van der Waals surface area contributed by atoms with Crippen LogP contribution >= 0.6 is 11.6 Å². The topological polar surface area (TPSA) is 47.3 Å². The van der Waals surface area contributed by atoms with Crippen LogP contribution in [0, 0.1) is 17.2 Å². The van der Waals surface area contributed by atoms with Crippen molar-refractivity contribution in [3.05, 3.63) is 28.8 Å². The van der Waals surface area contributed by atoms with Gasteiger partial charge in [-0.05, 0) is 37.5 Å². The molecule has 1 aliphatic rings. The zero-order valence-electron chi connectivity index (χ0n) is 11.5. The quantitative estimate of drug-likeness (QED) is 0.904. The van der Waals surface area contributed by atoms with Crippen molar-refractivity contribution in [1.29, 1.82) is 5.26 Å². The average Bonchev–Trinajstić information content (AvgIpc) is 2.64. The lowest BCUT2D eigenvalue weighted by atomic mass is 9.88. The van der Waals surface area contributed by atoms with Crippen molar-refractivity contribution in [2.45, 2.75) is 38.8 Å². The van der Waals surface area contributed by atoms with E-state index in [1.807, 2.05) is 19.1 Å². The Balaban J connectivity index is 2.37. The molecule has 0 unspecified atom stereocenters. The first-order valence-corrected chi connectivity index (χ1v) is 6.93. The number of anilines is 1. The van der Waals surface area contributed by atoms with E-state index in [1.165, 1.54) is 0 Å². The number of nitriles is 1. The molecule has 4 heteroatoms. The molecule has 0 radical (unpaired) electrons. The zero-order valence-corrected chi connectivity index (χ0v) is 12.3. The average molecular weight is 279 g/mol. The summed E-state index contributed by atoms with van der Waals surface area (Å²) in [4.78, 5) is 2.19. The largest absolute Gasteiger partial charge is 0.388 e. The van der Waals surface area contributed by atoms with Gasteiger partial charge in [0.2, 0.25) is 0 Å². The predicted octanol–water partition coefficient (Wildman–Crippen LogP) is 3.20. The fourth-order valence-corrected chi connectivity index (χ4v) is 3.33. The summed E-state index contributed by atoms with van der Waals surface area (Å²) in [6.07, 6.45) is 0.744. The van der Waals surface area contributed by atoms with Crippen molar-refractivity contribution in [1.82, 2.24) is 0 Å². The maximum Gasteiger partial charge on any atom is 0.101 e. The van der Waals surface area contributed by atoms with Gasteiger partial charge in [0.1, 0.15) is 6.07 Å². The second-order valence-corrected chi connectivity index (χ2v) is 6.17. The van der Waals surface area contributed by atoms with E-state index in [2.05, 4.69) is 24.8 Å². The molecule has 1 aliphatic heterocycles. The number of nitrogens with zero attached hydrogens (tertiary/aromatic N) is 2. The highest BCUT2D eigenvalue weighted by Gasteiger charge is 2.44. The number of hydrogen-bond donors (Lipinski definition) is 1. The Bertz CT molecular complexity index is 519. The van der Waals surface area contributed by atoms with Crippen LogP contribution in [0.2, 0.25) is 5.02 Å². The van der Waals surface area contributed by atoms with E-state index in [0.29, 0.717) is 16.5 Å². The molecule has 1 fully saturated rings. The van der Waals surface area contributed by atoms with Crippen LogP contribution in [0.3, 0.4) is 0 Å². The smallest absolute Gasteiger partial charge is 0.101 e. The van der Waals surface area contributed by atoms with Crippen molar-refractivity contribution in [2.75, 3.05) is 11.4 Å². The van der Waals surface area contributed by atoms with Crippen LogP contribution in [0.1, 0.15) is 32.8 Å². The summed E-state index contributed by atoms with van der Waals surface area (Å²) in [7, 11) is 0. The molecule has 0 spiro atoms. The van der Waals surface area contributed by atoms with Gasteiger partial charge in [0.25, 0.3) is 0 Å². The second kappa shape index (κ2) is 5.03. The summed E-state index contributed by atoms with van der Waals surface area (Å²) in [5, 5.41) is 19.9. The summed E-state index contributed by atoms with van der Waals surface area (Å²) < 4.78 is 0. The number of aliphatic hydroxyl groups is 1. The highest BCUT2D eigenvalue weighted by molar-refractivity contribution is 6.32. The molecule has 2 atom stereocenters. The lowest BCUT2D eigenvalue weighted by Gasteiger charge is -2.36. The van der Waals surface area contributed by atoms with E-state index >= 15 is 0 Å². The summed E-state index contributed by atoms with van der Waals surface area (Å²) in [5.74, 6) is 0.340. The Morgan fingerprint density at radius 2 is 2.21 bits per heavy atom. The van der Waals surface area contributed by atoms with Gasteiger partial charge >= 0.3 is 0 Å². The highest BCUT2D eigenvalue weighted by Crippen LogP contribution is 2.37. The van der Waals surface area contributed by atoms with Crippen LogP contribution in [-0.2, 0) is 0 Å². The van der Waals surface area contributed by atoms with E-state index in [4.69, 9.17) is 16.9 Å². The first-order valence-electron chi connectivity index (χ1n) is 6.55. The molecule has 2 rings (SSSR count). The van der Waals surface area contributed by atoms with Crippen molar-refractivity contribution in [3.8, 4) is 6.07 Å². The SMILES string of the molecule is CC(C)[C@@H]1N(c2ccc(C#N)c(Cl)c2)CC[C@]1(C)O. The van der Waals surface area contributed by atoms with E-state index < -0.39 is 5.60 Å². The van der Waals surface area contributed by atoms with Gasteiger partial charge in [0.15, 0.2) is 0 Å². The third-order valence-corrected chi connectivity index (χ3v) is 4.18.